The molecule has 4 rings (SSSR count). The lowest BCUT2D eigenvalue weighted by Gasteiger charge is -2.22. The molecule has 0 fully saturated rings. The topological polar surface area (TPSA) is 91.8 Å². The highest BCUT2D eigenvalue weighted by molar-refractivity contribution is 7.92. The van der Waals surface area contributed by atoms with Crippen LogP contribution in [0.5, 0.6) is 5.75 Å². The van der Waals surface area contributed by atoms with Crippen LogP contribution < -0.4 is 14.4 Å². The molecule has 8 nitrogen and oxygen atoms in total. The van der Waals surface area contributed by atoms with Gasteiger partial charge in [-0.3, -0.25) is 14.4 Å². The van der Waals surface area contributed by atoms with Crippen LogP contribution in [0.2, 0.25) is 0 Å². The van der Waals surface area contributed by atoms with Crippen molar-refractivity contribution in [2.45, 2.75) is 4.90 Å². The van der Waals surface area contributed by atoms with Gasteiger partial charge in [0, 0.05) is 24.3 Å². The van der Waals surface area contributed by atoms with Gasteiger partial charge in [0.05, 0.1) is 22.2 Å². The summed E-state index contributed by atoms with van der Waals surface area (Å²) < 4.78 is 34.3. The van der Waals surface area contributed by atoms with Gasteiger partial charge in [-0.1, -0.05) is 29.5 Å². The van der Waals surface area contributed by atoms with Crippen LogP contribution in [0.25, 0.3) is 10.2 Å². The van der Waals surface area contributed by atoms with Crippen molar-refractivity contribution in [1.82, 2.24) is 9.88 Å². The Morgan fingerprint density at radius 1 is 1.00 bits per heavy atom. The fourth-order valence-electron chi connectivity index (χ4n) is 3.40. The molecule has 0 spiro atoms. The van der Waals surface area contributed by atoms with Gasteiger partial charge >= 0.3 is 0 Å². The molecule has 3 aromatic carbocycles. The van der Waals surface area contributed by atoms with E-state index < -0.39 is 10.0 Å². The molecule has 0 atom stereocenters. The second-order valence-electron chi connectivity index (χ2n) is 8.09. The summed E-state index contributed by atoms with van der Waals surface area (Å²) in [5.74, 6) is 0.306. The summed E-state index contributed by atoms with van der Waals surface area (Å²) in [6.45, 7) is 1.08. The van der Waals surface area contributed by atoms with Gasteiger partial charge in [0.25, 0.3) is 15.9 Å². The van der Waals surface area contributed by atoms with Crippen LogP contribution in [0.15, 0.2) is 77.7 Å². The van der Waals surface area contributed by atoms with Gasteiger partial charge in [0.2, 0.25) is 0 Å². The summed E-state index contributed by atoms with van der Waals surface area (Å²) >= 11 is 1.45. The average molecular weight is 547 g/mol. The van der Waals surface area contributed by atoms with Gasteiger partial charge in [0.15, 0.2) is 5.13 Å². The molecule has 0 aliphatic rings. The van der Waals surface area contributed by atoms with E-state index in [1.807, 2.05) is 43.3 Å². The Hall–Kier alpha value is -3.18. The number of halogens is 1. The lowest BCUT2D eigenvalue weighted by atomic mass is 10.2. The molecule has 0 bridgehead atoms. The van der Waals surface area contributed by atoms with Gasteiger partial charge in [-0.15, -0.1) is 12.4 Å². The largest absolute Gasteiger partial charge is 0.497 e. The minimum absolute atomic E-state index is 0. The Morgan fingerprint density at radius 3 is 2.39 bits per heavy atom. The van der Waals surface area contributed by atoms with E-state index in [1.165, 1.54) is 30.6 Å². The molecular weight excluding hydrogens is 520 g/mol. The Morgan fingerprint density at radius 2 is 1.72 bits per heavy atom. The first-order valence-electron chi connectivity index (χ1n) is 10.9. The number of fused-ring (bicyclic) bond motifs is 1. The highest BCUT2D eigenvalue weighted by Crippen LogP contribution is 2.30. The summed E-state index contributed by atoms with van der Waals surface area (Å²) in [6, 6.07) is 20.3. The van der Waals surface area contributed by atoms with Crippen molar-refractivity contribution < 1.29 is 17.9 Å². The second kappa shape index (κ2) is 11.7. The first kappa shape index (κ1) is 27.4. The van der Waals surface area contributed by atoms with Crippen molar-refractivity contribution in [3.63, 3.8) is 0 Å². The minimum Gasteiger partial charge on any atom is -0.497 e. The number of hydrogen-bond acceptors (Lipinski definition) is 7. The number of hydrogen-bond donors (Lipinski definition) is 1. The van der Waals surface area contributed by atoms with E-state index in [-0.39, 0.29) is 23.2 Å². The summed E-state index contributed by atoms with van der Waals surface area (Å²) in [5, 5.41) is 0.599. The van der Waals surface area contributed by atoms with Crippen LogP contribution in [0, 0.1) is 0 Å². The molecule has 11 heteroatoms. The molecule has 36 heavy (non-hydrogen) atoms. The Balaban J connectivity index is 0.00000361. The molecule has 1 aromatic heterocycles. The molecule has 1 N–H and O–H groups in total. The number of likely N-dealkylation sites (N-methyl/N-ethyl adjacent to an activating group) is 1. The third kappa shape index (κ3) is 6.33. The number of methoxy groups -OCH3 is 1. The zero-order chi connectivity index (χ0) is 25.0. The Labute approximate surface area is 221 Å². The van der Waals surface area contributed by atoms with E-state index in [0.29, 0.717) is 35.2 Å². The maximum Gasteiger partial charge on any atom is 0.261 e. The fourth-order valence-corrected chi connectivity index (χ4v) is 5.44. The minimum atomic E-state index is -3.84. The lowest BCUT2D eigenvalue weighted by molar-refractivity contribution is 0.0985. The Kier molecular flexibility index (Phi) is 8.91. The first-order chi connectivity index (χ1) is 16.8. The van der Waals surface area contributed by atoms with Crippen LogP contribution in [0.4, 0.5) is 10.8 Å². The number of rotatable bonds is 9. The molecule has 0 saturated carbocycles. The number of aromatic nitrogens is 1. The number of nitrogens with one attached hydrogen (secondary N) is 1. The number of nitrogens with zero attached hydrogens (tertiary/aromatic N) is 3. The van der Waals surface area contributed by atoms with Crippen LogP contribution in [0.3, 0.4) is 0 Å². The number of para-hydroxylation sites is 1. The van der Waals surface area contributed by atoms with Gasteiger partial charge in [0.1, 0.15) is 5.75 Å². The maximum atomic E-state index is 13.6. The van der Waals surface area contributed by atoms with Gasteiger partial charge in [-0.05, 0) is 68.7 Å². The highest BCUT2D eigenvalue weighted by atomic mass is 35.5. The van der Waals surface area contributed by atoms with Crippen molar-refractivity contribution in [2.75, 3.05) is 43.9 Å². The fraction of sp³-hybridized carbons (Fsp3) is 0.200. The molecule has 1 amide bonds. The van der Waals surface area contributed by atoms with Crippen molar-refractivity contribution in [1.29, 1.82) is 0 Å². The van der Waals surface area contributed by atoms with Gasteiger partial charge in [-0.2, -0.15) is 0 Å². The van der Waals surface area contributed by atoms with Gasteiger partial charge < -0.3 is 9.64 Å². The molecule has 0 unspecified atom stereocenters. The molecular formula is C25H27ClN4O4S2. The number of anilines is 2. The van der Waals surface area contributed by atoms with Crippen LogP contribution in [0.1, 0.15) is 10.4 Å². The van der Waals surface area contributed by atoms with E-state index in [1.54, 1.807) is 41.3 Å². The molecule has 0 aliphatic heterocycles. The van der Waals surface area contributed by atoms with Gasteiger partial charge in [-0.25, -0.2) is 13.4 Å². The predicted molar refractivity (Wildman–Crippen MR) is 147 cm³/mol. The van der Waals surface area contributed by atoms with E-state index in [4.69, 9.17) is 4.74 Å². The maximum absolute atomic E-state index is 13.6. The number of carbonyl (C=O) groups excluding carboxylic acids is 1. The predicted octanol–water partition coefficient (Wildman–Crippen LogP) is 4.74. The zero-order valence-electron chi connectivity index (χ0n) is 20.0. The number of sulfonamides is 1. The number of thiazole rings is 1. The third-order valence-corrected chi connectivity index (χ3v) is 7.72. The average Bonchev–Trinajstić information content (AvgIpc) is 3.27. The molecule has 0 aliphatic carbocycles. The van der Waals surface area contributed by atoms with E-state index >= 15 is 0 Å². The van der Waals surface area contributed by atoms with E-state index in [0.717, 1.165) is 10.2 Å². The van der Waals surface area contributed by atoms with Crippen molar-refractivity contribution in [3.8, 4) is 5.75 Å². The van der Waals surface area contributed by atoms with E-state index in [2.05, 4.69) is 9.71 Å². The quantitative estimate of drug-likeness (QED) is 0.326. The standard InChI is InChI=1S/C25H26N4O4S2.ClH/c1-28(2)15-16-29(25-26-22-9-4-5-10-23(22)34-25)24(30)18-7-6-8-19(17-18)27-35(31,32)21-13-11-20(33-3)12-14-21;/h4-14,17,27H,15-16H2,1-3H3;1H. The molecule has 4 aromatic rings. The molecule has 190 valence electrons. The number of benzene rings is 3. The summed E-state index contributed by atoms with van der Waals surface area (Å²) in [5.41, 5.74) is 1.48. The monoisotopic (exact) mass is 546 g/mol. The third-order valence-electron chi connectivity index (χ3n) is 5.26. The lowest BCUT2D eigenvalue weighted by Crippen LogP contribution is -2.36. The van der Waals surface area contributed by atoms with Crippen LogP contribution in [-0.4, -0.2) is 58.5 Å². The summed E-state index contributed by atoms with van der Waals surface area (Å²) in [7, 11) is 1.56. The van der Waals surface area contributed by atoms with E-state index in [9.17, 15) is 13.2 Å². The van der Waals surface area contributed by atoms with Crippen LogP contribution >= 0.6 is 23.7 Å². The first-order valence-corrected chi connectivity index (χ1v) is 13.2. The molecule has 1 heterocycles. The normalized spacial score (nSPS) is 11.2. The second-order valence-corrected chi connectivity index (χ2v) is 10.8. The molecule has 0 saturated heterocycles. The smallest absolute Gasteiger partial charge is 0.261 e. The number of amides is 1. The number of ether oxygens (including phenoxy) is 1. The zero-order valence-corrected chi connectivity index (χ0v) is 22.5. The Bertz CT molecular complexity index is 1410. The SMILES string of the molecule is COc1ccc(S(=O)(=O)Nc2cccc(C(=O)N(CCN(C)C)c3nc4ccccc4s3)c2)cc1.Cl. The van der Waals surface area contributed by atoms with Crippen molar-refractivity contribution in [2.24, 2.45) is 0 Å². The summed E-state index contributed by atoms with van der Waals surface area (Å²) in [6.07, 6.45) is 0. The highest BCUT2D eigenvalue weighted by Gasteiger charge is 2.22. The van der Waals surface area contributed by atoms with Crippen molar-refractivity contribution >= 4 is 60.7 Å². The van der Waals surface area contributed by atoms with Crippen molar-refractivity contribution in [3.05, 3.63) is 78.4 Å². The van der Waals surface area contributed by atoms with Crippen LogP contribution in [-0.2, 0) is 10.0 Å². The number of carbonyl (C=O) groups is 1. The summed E-state index contributed by atoms with van der Waals surface area (Å²) in [4.78, 5) is 22.0. The molecule has 0 radical (unpaired) electrons.